The Labute approximate surface area is 475 Å². The maximum Gasteiger partial charge on any atom is 0.338 e. The molecule has 81 heavy (non-hydrogen) atoms. The van der Waals surface area contributed by atoms with Gasteiger partial charge in [-0.1, -0.05) is 196 Å². The molecule has 0 N–H and O–H groups in total. The molecule has 0 unspecified atom stereocenters. The van der Waals surface area contributed by atoms with Crippen molar-refractivity contribution >= 4 is 26.0 Å². The molecule has 15 heteroatoms. The van der Waals surface area contributed by atoms with E-state index in [1.807, 2.05) is 121 Å². The summed E-state index contributed by atoms with van der Waals surface area (Å²) < 4.78 is 74.8. The van der Waals surface area contributed by atoms with Crippen LogP contribution in [0.3, 0.4) is 0 Å². The number of carbonyl (C=O) groups excluding carboxylic acids is 3. The highest BCUT2D eigenvalue weighted by Gasteiger charge is 2.56. The number of benzene rings is 7. The fourth-order valence-electron chi connectivity index (χ4n) is 9.41. The third-order valence-corrected chi connectivity index (χ3v) is 15.5. The Kier molecular flexibility index (Phi) is 21.3. The van der Waals surface area contributed by atoms with Crippen molar-refractivity contribution in [3.8, 4) is 0 Å². The van der Waals surface area contributed by atoms with E-state index in [4.69, 9.17) is 52.1 Å². The van der Waals surface area contributed by atoms with Gasteiger partial charge >= 0.3 is 17.9 Å². The minimum Gasteiger partial charge on any atom is -0.459 e. The van der Waals surface area contributed by atoms with E-state index in [2.05, 4.69) is 19.6 Å². The van der Waals surface area contributed by atoms with Crippen LogP contribution in [0.25, 0.3) is 0 Å². The quantitative estimate of drug-likeness (QED) is 0.0287. The molecule has 2 heterocycles. The molecular weight excluding hydrogens is 1040 g/mol. The van der Waals surface area contributed by atoms with Crippen molar-refractivity contribution in [2.75, 3.05) is 19.8 Å². The predicted molar refractivity (Wildman–Crippen MR) is 305 cm³/mol. The standard InChI is InChI=1S/C66H70O14Si/c1-81(2,3)40-39-71-65-61(79-64(69)53-37-23-10-24-38-53)59(78-63(68)52-35-21-9-22-36-52)57(55(76-65)46-75-62(67)51-33-19-8-20-34-51)80-66-60(74-44-50-31-17-7-18-32-50)58(73-43-49-29-15-6-16-30-49)56(72-42-48-27-13-5-14-28-48)54(77-66)45-70-41-47-25-11-4-12-26-47/h4-38,54-61,65-66H,39-46H2,1-3H3/t54-,55-,56+,57+,58+,59+,60-,61-,65+,66+/m1/s1. The second-order valence-electron chi connectivity index (χ2n) is 21.1. The molecule has 0 saturated carbocycles. The monoisotopic (exact) mass is 1110 g/mol. The second kappa shape index (κ2) is 29.5. The molecule has 2 aliphatic heterocycles. The Morgan fingerprint density at radius 1 is 0.383 bits per heavy atom. The number of carbonyl (C=O) groups is 3. The molecule has 10 atom stereocenters. The van der Waals surface area contributed by atoms with E-state index < -0.39 is 94.0 Å². The van der Waals surface area contributed by atoms with Gasteiger partial charge in [-0.15, -0.1) is 0 Å². The minimum absolute atomic E-state index is 0.000830. The molecule has 7 aromatic carbocycles. The fraction of sp³-hybridized carbons (Fsp3) is 0.318. The van der Waals surface area contributed by atoms with Crippen LogP contribution >= 0.6 is 0 Å². The predicted octanol–water partition coefficient (Wildman–Crippen LogP) is 11.5. The lowest BCUT2D eigenvalue weighted by Crippen LogP contribution is -2.67. The van der Waals surface area contributed by atoms with E-state index in [9.17, 15) is 14.4 Å². The van der Waals surface area contributed by atoms with Gasteiger partial charge in [0, 0.05) is 14.7 Å². The Bertz CT molecular complexity index is 2970. The van der Waals surface area contributed by atoms with Gasteiger partial charge in [0.15, 0.2) is 24.8 Å². The number of ether oxygens (including phenoxy) is 11. The SMILES string of the molecule is C[Si](C)(C)CCO[C@H]1O[C@H](COC(=O)c2ccccc2)[C@H](O[C@@H]2O[C@H](COCc3ccccc3)[C@H](OCc3ccccc3)[C@H](OCc3ccccc3)[C@H]2OCc2ccccc2)[C@H](OC(=O)c2ccccc2)[C@H]1OC(=O)c1ccccc1. The summed E-state index contributed by atoms with van der Waals surface area (Å²) in [6, 6.07) is 65.1. The zero-order valence-electron chi connectivity index (χ0n) is 45.9. The van der Waals surface area contributed by atoms with Gasteiger partial charge in [-0.3, -0.25) is 0 Å². The van der Waals surface area contributed by atoms with Crippen LogP contribution in [0.5, 0.6) is 0 Å². The van der Waals surface area contributed by atoms with Gasteiger partial charge in [0.2, 0.25) is 0 Å². The zero-order chi connectivity index (χ0) is 56.2. The van der Waals surface area contributed by atoms with Gasteiger partial charge < -0.3 is 52.1 Å². The van der Waals surface area contributed by atoms with Gasteiger partial charge in [-0.25, -0.2) is 14.4 Å². The van der Waals surface area contributed by atoms with Gasteiger partial charge in [0.05, 0.1) is 49.7 Å². The van der Waals surface area contributed by atoms with Crippen molar-refractivity contribution < 1.29 is 66.5 Å². The maximum atomic E-state index is 14.7. The van der Waals surface area contributed by atoms with Crippen LogP contribution in [0.2, 0.25) is 25.7 Å². The molecule has 0 radical (unpaired) electrons. The molecule has 14 nitrogen and oxygen atoms in total. The fourth-order valence-corrected chi connectivity index (χ4v) is 10.1. The Morgan fingerprint density at radius 3 is 1.23 bits per heavy atom. The molecular formula is C66H70O14Si. The van der Waals surface area contributed by atoms with Crippen molar-refractivity contribution in [3.05, 3.63) is 251 Å². The van der Waals surface area contributed by atoms with Gasteiger partial charge in [-0.05, 0) is 64.7 Å². The third kappa shape index (κ3) is 17.2. The number of esters is 3. The zero-order valence-corrected chi connectivity index (χ0v) is 46.9. The summed E-state index contributed by atoms with van der Waals surface area (Å²) in [5, 5.41) is 0. The third-order valence-electron chi connectivity index (χ3n) is 13.8. The summed E-state index contributed by atoms with van der Waals surface area (Å²) in [6.07, 6.45) is -12.2. The van der Waals surface area contributed by atoms with Crippen LogP contribution in [-0.4, -0.2) is 107 Å². The summed E-state index contributed by atoms with van der Waals surface area (Å²) in [5.74, 6) is -2.14. The summed E-state index contributed by atoms with van der Waals surface area (Å²) in [6.45, 7) is 7.05. The summed E-state index contributed by atoms with van der Waals surface area (Å²) in [4.78, 5) is 43.0. The lowest BCUT2D eigenvalue weighted by molar-refractivity contribution is -0.369. The van der Waals surface area contributed by atoms with Crippen LogP contribution in [0, 0.1) is 0 Å². The second-order valence-corrected chi connectivity index (χ2v) is 26.7. The lowest BCUT2D eigenvalue weighted by Gasteiger charge is -2.49. The molecule has 0 aromatic heterocycles. The molecule has 2 saturated heterocycles. The van der Waals surface area contributed by atoms with E-state index in [1.165, 1.54) is 0 Å². The van der Waals surface area contributed by atoms with Crippen molar-refractivity contribution in [1.82, 2.24) is 0 Å². The molecule has 0 spiro atoms. The molecule has 2 fully saturated rings. The molecule has 422 valence electrons. The van der Waals surface area contributed by atoms with Gasteiger partial charge in [-0.2, -0.15) is 0 Å². The van der Waals surface area contributed by atoms with Gasteiger partial charge in [0.25, 0.3) is 0 Å². The first kappa shape index (κ1) is 58.5. The van der Waals surface area contributed by atoms with E-state index in [0.29, 0.717) is 11.6 Å². The van der Waals surface area contributed by atoms with E-state index >= 15 is 0 Å². The lowest BCUT2D eigenvalue weighted by atomic mass is 9.95. The average Bonchev–Trinajstić information content (AvgIpc) is 3.70. The van der Waals surface area contributed by atoms with Crippen LogP contribution in [0.4, 0.5) is 0 Å². The van der Waals surface area contributed by atoms with E-state index in [1.54, 1.807) is 91.0 Å². The van der Waals surface area contributed by atoms with Crippen molar-refractivity contribution in [2.24, 2.45) is 0 Å². The van der Waals surface area contributed by atoms with Crippen LogP contribution in [0.1, 0.15) is 53.3 Å². The first-order valence-electron chi connectivity index (χ1n) is 27.4. The number of rotatable bonds is 26. The topological polar surface area (TPSA) is 153 Å². The average molecular weight is 1120 g/mol. The van der Waals surface area contributed by atoms with Crippen molar-refractivity contribution in [2.45, 2.75) is 114 Å². The largest absolute Gasteiger partial charge is 0.459 e. The summed E-state index contributed by atoms with van der Waals surface area (Å²) >= 11 is 0. The molecule has 0 bridgehead atoms. The molecule has 0 amide bonds. The van der Waals surface area contributed by atoms with E-state index in [0.717, 1.165) is 22.3 Å². The maximum absolute atomic E-state index is 14.7. The van der Waals surface area contributed by atoms with Crippen molar-refractivity contribution in [3.63, 3.8) is 0 Å². The Balaban J connectivity index is 1.16. The highest BCUT2D eigenvalue weighted by atomic mass is 28.3. The van der Waals surface area contributed by atoms with Gasteiger partial charge in [0.1, 0.15) is 43.2 Å². The van der Waals surface area contributed by atoms with Crippen LogP contribution in [0.15, 0.2) is 212 Å². The van der Waals surface area contributed by atoms with Crippen LogP contribution in [-0.2, 0) is 78.5 Å². The molecule has 9 rings (SSSR count). The van der Waals surface area contributed by atoms with Crippen LogP contribution < -0.4 is 0 Å². The molecule has 0 aliphatic carbocycles. The summed E-state index contributed by atoms with van der Waals surface area (Å²) in [5.41, 5.74) is 4.32. The Morgan fingerprint density at radius 2 is 0.765 bits per heavy atom. The summed E-state index contributed by atoms with van der Waals surface area (Å²) in [7, 11) is -1.74. The van der Waals surface area contributed by atoms with E-state index in [-0.39, 0.29) is 50.8 Å². The Hall–Kier alpha value is -7.15. The van der Waals surface area contributed by atoms with Crippen molar-refractivity contribution in [1.29, 1.82) is 0 Å². The minimum atomic E-state index is -1.74. The first-order chi connectivity index (χ1) is 39.5. The highest BCUT2D eigenvalue weighted by molar-refractivity contribution is 6.76. The molecule has 7 aromatic rings. The number of hydrogen-bond donors (Lipinski definition) is 0. The molecule has 2 aliphatic rings. The first-order valence-corrected chi connectivity index (χ1v) is 31.2. The number of hydrogen-bond acceptors (Lipinski definition) is 14. The highest BCUT2D eigenvalue weighted by Crippen LogP contribution is 2.37. The smallest absolute Gasteiger partial charge is 0.338 e. The normalized spacial score (nSPS) is 22.8.